The summed E-state index contributed by atoms with van der Waals surface area (Å²) in [6.07, 6.45) is 6.21. The van der Waals surface area contributed by atoms with Gasteiger partial charge in [0.15, 0.2) is 0 Å². The van der Waals surface area contributed by atoms with Crippen LogP contribution in [0.3, 0.4) is 0 Å². The Morgan fingerprint density at radius 1 is 1.33 bits per heavy atom. The van der Waals surface area contributed by atoms with Gasteiger partial charge < -0.3 is 15.6 Å². The zero-order valence-electron chi connectivity index (χ0n) is 11.4. The van der Waals surface area contributed by atoms with Gasteiger partial charge in [-0.3, -0.25) is 4.79 Å². The van der Waals surface area contributed by atoms with Crippen LogP contribution < -0.4 is 11.1 Å². The number of aromatic nitrogens is 2. The van der Waals surface area contributed by atoms with E-state index in [0.717, 1.165) is 35.5 Å². The van der Waals surface area contributed by atoms with Crippen molar-refractivity contribution in [3.8, 4) is 5.69 Å². The van der Waals surface area contributed by atoms with Crippen LogP contribution in [0.5, 0.6) is 0 Å². The standard InChI is InChI=1S/C15H15ClN4O/c16-9-5-8-11(19-15(21)14(8)17)6-13(9)20-7-18-10-3-1-2-4-12(10)20/h5-7,14H,1-4,17H2,(H,19,21). The van der Waals surface area contributed by atoms with Crippen LogP contribution in [-0.2, 0) is 17.6 Å². The number of nitrogens with two attached hydrogens (primary N) is 1. The molecule has 1 aromatic carbocycles. The van der Waals surface area contributed by atoms with Crippen LogP contribution in [0.15, 0.2) is 18.5 Å². The number of aryl methyl sites for hydroxylation is 1. The quantitative estimate of drug-likeness (QED) is 0.849. The Morgan fingerprint density at radius 2 is 2.14 bits per heavy atom. The second kappa shape index (κ2) is 4.58. The molecular weight excluding hydrogens is 288 g/mol. The fraction of sp³-hybridized carbons (Fsp3) is 0.333. The van der Waals surface area contributed by atoms with Crippen molar-refractivity contribution in [2.75, 3.05) is 5.32 Å². The molecule has 0 bridgehead atoms. The van der Waals surface area contributed by atoms with Crippen molar-refractivity contribution in [2.24, 2.45) is 5.73 Å². The minimum Gasteiger partial charge on any atom is -0.324 e. The minimum absolute atomic E-state index is 0.189. The summed E-state index contributed by atoms with van der Waals surface area (Å²) in [5.41, 5.74) is 10.6. The molecule has 6 heteroatoms. The van der Waals surface area contributed by atoms with Gasteiger partial charge in [-0.05, 0) is 37.8 Å². The van der Waals surface area contributed by atoms with E-state index in [9.17, 15) is 4.79 Å². The van der Waals surface area contributed by atoms with E-state index in [0.29, 0.717) is 5.02 Å². The Labute approximate surface area is 127 Å². The van der Waals surface area contributed by atoms with Gasteiger partial charge in [0.05, 0.1) is 22.7 Å². The van der Waals surface area contributed by atoms with Crippen molar-refractivity contribution < 1.29 is 4.79 Å². The van der Waals surface area contributed by atoms with E-state index in [-0.39, 0.29) is 5.91 Å². The summed E-state index contributed by atoms with van der Waals surface area (Å²) >= 11 is 6.41. The van der Waals surface area contributed by atoms with E-state index in [1.54, 1.807) is 6.07 Å². The molecule has 4 rings (SSSR count). The third-order valence-electron chi connectivity index (χ3n) is 4.28. The van der Waals surface area contributed by atoms with Crippen molar-refractivity contribution in [2.45, 2.75) is 31.7 Å². The summed E-state index contributed by atoms with van der Waals surface area (Å²) in [4.78, 5) is 16.2. The molecule has 3 N–H and O–H groups in total. The molecule has 2 heterocycles. The van der Waals surface area contributed by atoms with Crippen LogP contribution >= 0.6 is 11.6 Å². The molecule has 1 aliphatic heterocycles. The van der Waals surface area contributed by atoms with E-state index in [4.69, 9.17) is 17.3 Å². The summed E-state index contributed by atoms with van der Waals surface area (Å²) in [5, 5.41) is 3.39. The van der Waals surface area contributed by atoms with Gasteiger partial charge in [-0.1, -0.05) is 11.6 Å². The Kier molecular flexibility index (Phi) is 2.80. The maximum Gasteiger partial charge on any atom is 0.245 e. The molecule has 2 aromatic rings. The lowest BCUT2D eigenvalue weighted by Gasteiger charge is -2.16. The van der Waals surface area contributed by atoms with Crippen LogP contribution in [0.2, 0.25) is 5.02 Å². The summed E-state index contributed by atoms with van der Waals surface area (Å²) in [7, 11) is 0. The summed E-state index contributed by atoms with van der Waals surface area (Å²) in [6.45, 7) is 0. The molecule has 0 saturated heterocycles. The van der Waals surface area contributed by atoms with Crippen LogP contribution in [0.4, 0.5) is 5.69 Å². The molecule has 1 aliphatic carbocycles. The van der Waals surface area contributed by atoms with Crippen molar-refractivity contribution in [1.29, 1.82) is 0 Å². The number of rotatable bonds is 1. The molecule has 0 spiro atoms. The molecule has 0 fully saturated rings. The van der Waals surface area contributed by atoms with Gasteiger partial charge in [-0.2, -0.15) is 0 Å². The molecule has 1 atom stereocenters. The minimum atomic E-state index is -0.636. The predicted octanol–water partition coefficient (Wildman–Crippen LogP) is 2.36. The first-order valence-corrected chi connectivity index (χ1v) is 7.48. The SMILES string of the molecule is NC1C(=O)Nc2cc(-n3cnc4c3CCCC4)c(Cl)cc21. The number of benzene rings is 1. The number of carbonyl (C=O) groups excluding carboxylic acids is 1. The summed E-state index contributed by atoms with van der Waals surface area (Å²) in [5.74, 6) is -0.189. The number of anilines is 1. The number of imidazole rings is 1. The number of nitrogens with zero attached hydrogens (tertiary/aromatic N) is 2. The Balaban J connectivity index is 1.85. The predicted molar refractivity (Wildman–Crippen MR) is 80.8 cm³/mol. The van der Waals surface area contributed by atoms with Gasteiger partial charge in [-0.15, -0.1) is 0 Å². The van der Waals surface area contributed by atoms with E-state index in [1.165, 1.54) is 18.5 Å². The summed E-state index contributed by atoms with van der Waals surface area (Å²) in [6, 6.07) is 3.03. The van der Waals surface area contributed by atoms with Crippen LogP contribution in [0, 0.1) is 0 Å². The number of nitrogens with one attached hydrogen (secondary N) is 1. The van der Waals surface area contributed by atoms with Crippen molar-refractivity contribution in [3.63, 3.8) is 0 Å². The molecular formula is C15H15ClN4O. The largest absolute Gasteiger partial charge is 0.324 e. The topological polar surface area (TPSA) is 72.9 Å². The highest BCUT2D eigenvalue weighted by atomic mass is 35.5. The lowest BCUT2D eigenvalue weighted by Crippen LogP contribution is -2.19. The fourth-order valence-corrected chi connectivity index (χ4v) is 3.42. The van der Waals surface area contributed by atoms with E-state index >= 15 is 0 Å². The van der Waals surface area contributed by atoms with E-state index in [2.05, 4.69) is 10.3 Å². The second-order valence-corrected chi connectivity index (χ2v) is 5.98. The van der Waals surface area contributed by atoms with Crippen molar-refractivity contribution in [3.05, 3.63) is 40.4 Å². The third kappa shape index (κ3) is 1.88. The van der Waals surface area contributed by atoms with Gasteiger partial charge in [0.1, 0.15) is 6.04 Å². The molecule has 21 heavy (non-hydrogen) atoms. The highest BCUT2D eigenvalue weighted by molar-refractivity contribution is 6.32. The molecule has 1 unspecified atom stereocenters. The Bertz CT molecular complexity index is 752. The van der Waals surface area contributed by atoms with Crippen molar-refractivity contribution >= 4 is 23.2 Å². The number of hydrogen-bond donors (Lipinski definition) is 2. The van der Waals surface area contributed by atoms with Gasteiger partial charge >= 0.3 is 0 Å². The number of hydrogen-bond acceptors (Lipinski definition) is 3. The van der Waals surface area contributed by atoms with E-state index in [1.807, 2.05) is 17.0 Å². The smallest absolute Gasteiger partial charge is 0.245 e. The zero-order chi connectivity index (χ0) is 14.6. The maximum absolute atomic E-state index is 11.7. The molecule has 2 aliphatic rings. The number of amides is 1. The normalized spacial score (nSPS) is 20.1. The first-order chi connectivity index (χ1) is 10.1. The Morgan fingerprint density at radius 3 is 3.00 bits per heavy atom. The first kappa shape index (κ1) is 12.9. The fourth-order valence-electron chi connectivity index (χ4n) is 3.16. The lowest BCUT2D eigenvalue weighted by atomic mass is 10.0. The lowest BCUT2D eigenvalue weighted by molar-refractivity contribution is -0.116. The first-order valence-electron chi connectivity index (χ1n) is 7.10. The van der Waals surface area contributed by atoms with Gasteiger partial charge in [0.2, 0.25) is 5.91 Å². The van der Waals surface area contributed by atoms with E-state index < -0.39 is 6.04 Å². The van der Waals surface area contributed by atoms with Gasteiger partial charge in [-0.25, -0.2) is 4.98 Å². The average molecular weight is 303 g/mol. The Hall–Kier alpha value is -1.85. The number of carbonyl (C=O) groups is 1. The van der Waals surface area contributed by atoms with Crippen molar-refractivity contribution in [1.82, 2.24) is 9.55 Å². The number of fused-ring (bicyclic) bond motifs is 2. The van der Waals surface area contributed by atoms with Crippen LogP contribution in [0.25, 0.3) is 5.69 Å². The molecule has 1 aromatic heterocycles. The highest BCUT2D eigenvalue weighted by Gasteiger charge is 2.29. The molecule has 0 saturated carbocycles. The number of halogens is 1. The molecule has 1 amide bonds. The highest BCUT2D eigenvalue weighted by Crippen LogP contribution is 2.36. The van der Waals surface area contributed by atoms with Crippen LogP contribution in [0.1, 0.15) is 35.8 Å². The summed E-state index contributed by atoms with van der Waals surface area (Å²) < 4.78 is 2.03. The maximum atomic E-state index is 11.7. The monoisotopic (exact) mass is 302 g/mol. The van der Waals surface area contributed by atoms with Gasteiger partial charge in [0, 0.05) is 16.9 Å². The van der Waals surface area contributed by atoms with Crippen LogP contribution in [-0.4, -0.2) is 15.5 Å². The molecule has 0 radical (unpaired) electrons. The van der Waals surface area contributed by atoms with Gasteiger partial charge in [0.25, 0.3) is 0 Å². The zero-order valence-corrected chi connectivity index (χ0v) is 12.2. The third-order valence-corrected chi connectivity index (χ3v) is 4.59. The average Bonchev–Trinajstić information content (AvgIpc) is 3.02. The molecule has 5 nitrogen and oxygen atoms in total. The second-order valence-electron chi connectivity index (χ2n) is 5.57. The molecule has 108 valence electrons.